The Balaban J connectivity index is 3.14. The van der Waals surface area contributed by atoms with E-state index in [9.17, 15) is 0 Å². The molecule has 4 heteroatoms. The van der Waals surface area contributed by atoms with Crippen molar-refractivity contribution in [1.82, 2.24) is 0 Å². The summed E-state index contributed by atoms with van der Waals surface area (Å²) in [5.74, 6) is 1.21. The summed E-state index contributed by atoms with van der Waals surface area (Å²) < 4.78 is 10.7. The van der Waals surface area contributed by atoms with Crippen LogP contribution in [0.15, 0.2) is 24.3 Å². The predicted molar refractivity (Wildman–Crippen MR) is 79.9 cm³/mol. The Hall–Kier alpha value is -1.26. The Morgan fingerprint density at radius 2 is 2.00 bits per heavy atom. The Morgan fingerprint density at radius 3 is 2.47 bits per heavy atom. The molecule has 0 aromatic heterocycles. The quantitative estimate of drug-likeness (QED) is 0.821. The van der Waals surface area contributed by atoms with Gasteiger partial charge in [0.1, 0.15) is 5.75 Å². The molecule has 0 amide bonds. The third-order valence-corrected chi connectivity index (χ3v) is 3.93. The van der Waals surface area contributed by atoms with Gasteiger partial charge in [0.05, 0.1) is 19.3 Å². The number of rotatable bonds is 7. The molecule has 0 heterocycles. The van der Waals surface area contributed by atoms with E-state index >= 15 is 0 Å². The zero-order valence-electron chi connectivity index (χ0n) is 12.6. The third kappa shape index (κ3) is 3.19. The van der Waals surface area contributed by atoms with Gasteiger partial charge < -0.3 is 20.1 Å². The van der Waals surface area contributed by atoms with Crippen LogP contribution in [0.4, 0.5) is 5.69 Å². The molecule has 0 radical (unpaired) electrons. The SMILES string of the molecule is COCC(CN)(C(C)C)N(C)c1cccc(OC)c1. The molecule has 108 valence electrons. The van der Waals surface area contributed by atoms with Crippen molar-refractivity contribution in [3.8, 4) is 5.75 Å². The molecular formula is C15H26N2O2. The minimum Gasteiger partial charge on any atom is -0.497 e. The highest BCUT2D eigenvalue weighted by Crippen LogP contribution is 2.30. The maximum Gasteiger partial charge on any atom is 0.120 e. The Morgan fingerprint density at radius 1 is 1.32 bits per heavy atom. The van der Waals surface area contributed by atoms with Gasteiger partial charge in [0.15, 0.2) is 0 Å². The largest absolute Gasteiger partial charge is 0.497 e. The minimum absolute atomic E-state index is 0.221. The van der Waals surface area contributed by atoms with Crippen molar-refractivity contribution >= 4 is 5.69 Å². The number of hydrogen-bond donors (Lipinski definition) is 1. The summed E-state index contributed by atoms with van der Waals surface area (Å²) in [6.07, 6.45) is 0. The van der Waals surface area contributed by atoms with Crippen LogP contribution in [0.5, 0.6) is 5.75 Å². The molecule has 0 aliphatic rings. The normalized spacial score (nSPS) is 14.3. The van der Waals surface area contributed by atoms with Crippen molar-refractivity contribution < 1.29 is 9.47 Å². The van der Waals surface area contributed by atoms with E-state index < -0.39 is 0 Å². The second kappa shape index (κ2) is 6.78. The summed E-state index contributed by atoms with van der Waals surface area (Å²) >= 11 is 0. The highest BCUT2D eigenvalue weighted by molar-refractivity contribution is 5.52. The summed E-state index contributed by atoms with van der Waals surface area (Å²) in [7, 11) is 5.44. The number of methoxy groups -OCH3 is 2. The van der Waals surface area contributed by atoms with Gasteiger partial charge in [-0.2, -0.15) is 0 Å². The van der Waals surface area contributed by atoms with Crippen LogP contribution < -0.4 is 15.4 Å². The van der Waals surface area contributed by atoms with Crippen molar-refractivity contribution in [3.63, 3.8) is 0 Å². The lowest BCUT2D eigenvalue weighted by Gasteiger charge is -2.45. The maximum atomic E-state index is 6.05. The van der Waals surface area contributed by atoms with Crippen LogP contribution in [0, 0.1) is 5.92 Å². The van der Waals surface area contributed by atoms with E-state index in [0.717, 1.165) is 11.4 Å². The third-order valence-electron chi connectivity index (χ3n) is 3.93. The van der Waals surface area contributed by atoms with E-state index in [-0.39, 0.29) is 5.54 Å². The standard InChI is InChI=1S/C15H26N2O2/c1-12(2)15(10-16,11-18-4)17(3)13-7-6-8-14(9-13)19-5/h6-9,12H,10-11,16H2,1-5H3. The highest BCUT2D eigenvalue weighted by Gasteiger charge is 2.37. The van der Waals surface area contributed by atoms with Crippen LogP contribution in [-0.2, 0) is 4.74 Å². The van der Waals surface area contributed by atoms with Gasteiger partial charge in [0.2, 0.25) is 0 Å². The molecule has 0 fully saturated rings. The average molecular weight is 266 g/mol. The number of anilines is 1. The molecule has 0 aliphatic heterocycles. The van der Waals surface area contributed by atoms with Crippen molar-refractivity contribution in [2.75, 3.05) is 39.3 Å². The van der Waals surface area contributed by atoms with E-state index in [4.69, 9.17) is 15.2 Å². The number of nitrogens with two attached hydrogens (primary N) is 1. The second-order valence-electron chi connectivity index (χ2n) is 5.16. The van der Waals surface area contributed by atoms with Gasteiger partial charge in [-0.3, -0.25) is 0 Å². The Labute approximate surface area is 116 Å². The molecule has 0 bridgehead atoms. The second-order valence-corrected chi connectivity index (χ2v) is 5.16. The van der Waals surface area contributed by atoms with Gasteiger partial charge in [-0.25, -0.2) is 0 Å². The van der Waals surface area contributed by atoms with Crippen LogP contribution in [0.25, 0.3) is 0 Å². The van der Waals surface area contributed by atoms with Gasteiger partial charge in [0.25, 0.3) is 0 Å². The highest BCUT2D eigenvalue weighted by atomic mass is 16.5. The smallest absolute Gasteiger partial charge is 0.120 e. The molecular weight excluding hydrogens is 240 g/mol. The first-order chi connectivity index (χ1) is 9.01. The summed E-state index contributed by atoms with van der Waals surface area (Å²) in [5, 5.41) is 0. The zero-order chi connectivity index (χ0) is 14.5. The van der Waals surface area contributed by atoms with Gasteiger partial charge in [0, 0.05) is 32.5 Å². The number of hydrogen-bond acceptors (Lipinski definition) is 4. The Bertz CT molecular complexity index is 395. The summed E-state index contributed by atoms with van der Waals surface area (Å²) in [5.41, 5.74) is 6.91. The predicted octanol–water partition coefficient (Wildman–Crippen LogP) is 2.13. The molecule has 19 heavy (non-hydrogen) atoms. The fraction of sp³-hybridized carbons (Fsp3) is 0.600. The van der Waals surface area contributed by atoms with Crippen molar-refractivity contribution in [1.29, 1.82) is 0 Å². The molecule has 1 atom stereocenters. The van der Waals surface area contributed by atoms with Crippen LogP contribution in [0.2, 0.25) is 0 Å². The van der Waals surface area contributed by atoms with Crippen LogP contribution >= 0.6 is 0 Å². The molecule has 1 rings (SSSR count). The van der Waals surface area contributed by atoms with Crippen molar-refractivity contribution in [2.45, 2.75) is 19.4 Å². The lowest BCUT2D eigenvalue weighted by Crippen LogP contribution is -2.59. The Kier molecular flexibility index (Phi) is 5.63. The molecule has 2 N–H and O–H groups in total. The van der Waals surface area contributed by atoms with E-state index in [2.05, 4.69) is 31.9 Å². The summed E-state index contributed by atoms with van der Waals surface area (Å²) in [6, 6.07) is 8.00. The summed E-state index contributed by atoms with van der Waals surface area (Å²) in [6.45, 7) is 5.46. The lowest BCUT2D eigenvalue weighted by molar-refractivity contribution is 0.106. The minimum atomic E-state index is -0.221. The fourth-order valence-corrected chi connectivity index (χ4v) is 2.41. The van der Waals surface area contributed by atoms with E-state index in [1.807, 2.05) is 18.2 Å². The molecule has 1 aromatic rings. The summed E-state index contributed by atoms with van der Waals surface area (Å²) in [4.78, 5) is 2.20. The average Bonchev–Trinajstić information content (AvgIpc) is 2.43. The van der Waals surface area contributed by atoms with Crippen molar-refractivity contribution in [2.24, 2.45) is 11.7 Å². The van der Waals surface area contributed by atoms with E-state index in [0.29, 0.717) is 19.1 Å². The first-order valence-corrected chi connectivity index (χ1v) is 6.58. The van der Waals surface area contributed by atoms with E-state index in [1.54, 1.807) is 14.2 Å². The number of ether oxygens (including phenoxy) is 2. The molecule has 0 aliphatic carbocycles. The maximum absolute atomic E-state index is 6.05. The molecule has 0 saturated carbocycles. The molecule has 0 spiro atoms. The number of likely N-dealkylation sites (N-methyl/N-ethyl adjacent to an activating group) is 1. The zero-order valence-corrected chi connectivity index (χ0v) is 12.6. The first kappa shape index (κ1) is 15.8. The molecule has 1 unspecified atom stereocenters. The molecule has 4 nitrogen and oxygen atoms in total. The number of benzene rings is 1. The van der Waals surface area contributed by atoms with Crippen molar-refractivity contribution in [3.05, 3.63) is 24.3 Å². The van der Waals surface area contributed by atoms with E-state index in [1.165, 1.54) is 0 Å². The van der Waals surface area contributed by atoms with Gasteiger partial charge >= 0.3 is 0 Å². The van der Waals surface area contributed by atoms with Crippen LogP contribution in [0.3, 0.4) is 0 Å². The van der Waals surface area contributed by atoms with Crippen LogP contribution in [0.1, 0.15) is 13.8 Å². The van der Waals surface area contributed by atoms with Gasteiger partial charge in [-0.15, -0.1) is 0 Å². The molecule has 0 saturated heterocycles. The first-order valence-electron chi connectivity index (χ1n) is 6.58. The van der Waals surface area contributed by atoms with Gasteiger partial charge in [-0.05, 0) is 18.1 Å². The lowest BCUT2D eigenvalue weighted by atomic mass is 9.85. The fourth-order valence-electron chi connectivity index (χ4n) is 2.41. The number of nitrogens with zero attached hydrogens (tertiary/aromatic N) is 1. The van der Waals surface area contributed by atoms with Crippen LogP contribution in [-0.4, -0.2) is 40.0 Å². The van der Waals surface area contributed by atoms with Gasteiger partial charge in [-0.1, -0.05) is 19.9 Å². The molecule has 1 aromatic carbocycles. The topological polar surface area (TPSA) is 47.7 Å². The monoisotopic (exact) mass is 266 g/mol.